The molecule has 1 saturated heterocycles. The van der Waals surface area contributed by atoms with E-state index in [2.05, 4.69) is 20.2 Å². The van der Waals surface area contributed by atoms with Gasteiger partial charge in [0.15, 0.2) is 0 Å². The van der Waals surface area contributed by atoms with Gasteiger partial charge in [-0.1, -0.05) is 0 Å². The molecule has 0 aliphatic carbocycles. The molecule has 6 heteroatoms. The van der Waals surface area contributed by atoms with Crippen LogP contribution in [0, 0.1) is 0 Å². The highest BCUT2D eigenvalue weighted by Crippen LogP contribution is 2.20. The molecule has 1 aliphatic heterocycles. The van der Waals surface area contributed by atoms with E-state index in [1.165, 1.54) is 0 Å². The van der Waals surface area contributed by atoms with E-state index in [1.807, 2.05) is 6.92 Å². The number of hydrogen-bond acceptors (Lipinski definition) is 5. The molecule has 1 amide bonds. The quantitative estimate of drug-likeness (QED) is 0.723. The first kappa shape index (κ1) is 11.9. The molecule has 1 fully saturated rings. The molecule has 2 atom stereocenters. The minimum Gasteiger partial charge on any atom is -0.368 e. The van der Waals surface area contributed by atoms with Gasteiger partial charge in [0.05, 0.1) is 11.7 Å². The number of primary amides is 1. The van der Waals surface area contributed by atoms with E-state index in [9.17, 15) is 4.79 Å². The number of nitrogens with two attached hydrogens (primary N) is 1. The molecule has 0 spiro atoms. The molecule has 2 rings (SSSR count). The van der Waals surface area contributed by atoms with Crippen LogP contribution in [0.15, 0.2) is 18.6 Å². The monoisotopic (exact) mass is 235 g/mol. The lowest BCUT2D eigenvalue weighted by molar-refractivity contribution is -0.124. The lowest BCUT2D eigenvalue weighted by Crippen LogP contribution is -2.57. The van der Waals surface area contributed by atoms with Crippen molar-refractivity contribution in [3.8, 4) is 0 Å². The van der Waals surface area contributed by atoms with Crippen molar-refractivity contribution in [1.29, 1.82) is 0 Å². The van der Waals surface area contributed by atoms with E-state index in [4.69, 9.17) is 5.73 Å². The van der Waals surface area contributed by atoms with Crippen LogP contribution in [0.1, 0.15) is 18.7 Å². The number of nitrogens with zero attached hydrogens (tertiary/aromatic N) is 3. The molecule has 2 heterocycles. The number of aromatic nitrogens is 2. The van der Waals surface area contributed by atoms with Crippen molar-refractivity contribution in [3.63, 3.8) is 0 Å². The summed E-state index contributed by atoms with van der Waals surface area (Å²) in [4.78, 5) is 21.8. The number of hydrogen-bond donors (Lipinski definition) is 2. The minimum absolute atomic E-state index is 0.0447. The molecule has 1 aromatic rings. The van der Waals surface area contributed by atoms with Gasteiger partial charge in [-0.25, -0.2) is 0 Å². The summed E-state index contributed by atoms with van der Waals surface area (Å²) in [5.41, 5.74) is 6.28. The van der Waals surface area contributed by atoms with Gasteiger partial charge in [-0.15, -0.1) is 0 Å². The number of piperazine rings is 1. The lowest BCUT2D eigenvalue weighted by atomic mass is 10.1. The highest BCUT2D eigenvalue weighted by molar-refractivity contribution is 5.80. The Labute approximate surface area is 100 Å². The molecule has 0 saturated carbocycles. The SMILES string of the molecule is CC(c1cnccn1)N1CCNCC1C(N)=O. The maximum atomic E-state index is 11.4. The summed E-state index contributed by atoms with van der Waals surface area (Å²) in [6.07, 6.45) is 5.03. The van der Waals surface area contributed by atoms with Crippen LogP contribution >= 0.6 is 0 Å². The predicted molar refractivity (Wildman–Crippen MR) is 63.0 cm³/mol. The third-order valence-corrected chi connectivity index (χ3v) is 3.12. The molecule has 2 unspecified atom stereocenters. The van der Waals surface area contributed by atoms with E-state index in [1.54, 1.807) is 18.6 Å². The fourth-order valence-corrected chi connectivity index (χ4v) is 2.14. The number of nitrogens with one attached hydrogen (secondary N) is 1. The molecule has 1 aromatic heterocycles. The average molecular weight is 235 g/mol. The van der Waals surface area contributed by atoms with Gasteiger partial charge in [0.25, 0.3) is 0 Å². The van der Waals surface area contributed by atoms with Crippen molar-refractivity contribution in [2.75, 3.05) is 19.6 Å². The minimum atomic E-state index is -0.298. The van der Waals surface area contributed by atoms with Crippen molar-refractivity contribution in [3.05, 3.63) is 24.3 Å². The molecule has 0 bridgehead atoms. The smallest absolute Gasteiger partial charge is 0.236 e. The maximum Gasteiger partial charge on any atom is 0.236 e. The largest absolute Gasteiger partial charge is 0.368 e. The second kappa shape index (κ2) is 5.20. The van der Waals surface area contributed by atoms with E-state index in [0.717, 1.165) is 18.8 Å². The van der Waals surface area contributed by atoms with Crippen LogP contribution in [0.2, 0.25) is 0 Å². The van der Waals surface area contributed by atoms with E-state index < -0.39 is 0 Å². The lowest BCUT2D eigenvalue weighted by Gasteiger charge is -2.37. The first-order chi connectivity index (χ1) is 8.20. The topological polar surface area (TPSA) is 84.1 Å². The third kappa shape index (κ3) is 2.59. The van der Waals surface area contributed by atoms with E-state index in [-0.39, 0.29) is 18.0 Å². The Balaban J connectivity index is 2.16. The molecule has 92 valence electrons. The summed E-state index contributed by atoms with van der Waals surface area (Å²) in [6.45, 7) is 4.25. The van der Waals surface area contributed by atoms with Gasteiger partial charge >= 0.3 is 0 Å². The summed E-state index contributed by atoms with van der Waals surface area (Å²) in [5, 5.41) is 3.17. The van der Waals surface area contributed by atoms with Crippen LogP contribution in [-0.2, 0) is 4.79 Å². The summed E-state index contributed by atoms with van der Waals surface area (Å²) < 4.78 is 0. The van der Waals surface area contributed by atoms with Gasteiger partial charge in [0.1, 0.15) is 6.04 Å². The summed E-state index contributed by atoms with van der Waals surface area (Å²) in [7, 11) is 0. The van der Waals surface area contributed by atoms with Gasteiger partial charge in [-0.05, 0) is 6.92 Å². The Morgan fingerprint density at radius 3 is 3.12 bits per heavy atom. The number of rotatable bonds is 3. The first-order valence-electron chi connectivity index (χ1n) is 5.72. The number of carbonyl (C=O) groups is 1. The second-order valence-electron chi connectivity index (χ2n) is 4.17. The Morgan fingerprint density at radius 1 is 1.65 bits per heavy atom. The molecule has 6 nitrogen and oxygen atoms in total. The molecule has 3 N–H and O–H groups in total. The fraction of sp³-hybridized carbons (Fsp3) is 0.545. The van der Waals surface area contributed by atoms with Crippen molar-refractivity contribution in [1.82, 2.24) is 20.2 Å². The third-order valence-electron chi connectivity index (χ3n) is 3.12. The molecule has 0 aromatic carbocycles. The van der Waals surface area contributed by atoms with Crippen molar-refractivity contribution >= 4 is 5.91 Å². The molecule has 0 radical (unpaired) electrons. The Morgan fingerprint density at radius 2 is 2.47 bits per heavy atom. The maximum absolute atomic E-state index is 11.4. The van der Waals surface area contributed by atoms with Crippen LogP contribution in [-0.4, -0.2) is 46.5 Å². The standard InChI is InChI=1S/C11H17N5O/c1-8(9-6-13-2-3-15-9)16-5-4-14-7-10(16)11(12)17/h2-3,6,8,10,14H,4-5,7H2,1H3,(H2,12,17). The zero-order valence-electron chi connectivity index (χ0n) is 9.84. The van der Waals surface area contributed by atoms with Crippen molar-refractivity contribution in [2.45, 2.75) is 19.0 Å². The Bertz CT molecular complexity index is 383. The number of amides is 1. The summed E-state index contributed by atoms with van der Waals surface area (Å²) in [6, 6.07) is -0.232. The van der Waals surface area contributed by atoms with Crippen LogP contribution in [0.4, 0.5) is 0 Å². The molecule has 17 heavy (non-hydrogen) atoms. The number of carbonyl (C=O) groups excluding carboxylic acids is 1. The molecule has 1 aliphatic rings. The highest BCUT2D eigenvalue weighted by atomic mass is 16.1. The van der Waals surface area contributed by atoms with E-state index >= 15 is 0 Å². The summed E-state index contributed by atoms with van der Waals surface area (Å²) in [5.74, 6) is -0.298. The molecular weight excluding hydrogens is 218 g/mol. The van der Waals surface area contributed by atoms with Gasteiger partial charge in [0, 0.05) is 38.2 Å². The first-order valence-corrected chi connectivity index (χ1v) is 5.72. The van der Waals surface area contributed by atoms with Crippen LogP contribution < -0.4 is 11.1 Å². The predicted octanol–water partition coefficient (Wildman–Crippen LogP) is -0.703. The zero-order chi connectivity index (χ0) is 12.3. The van der Waals surface area contributed by atoms with Crippen LogP contribution in [0.3, 0.4) is 0 Å². The van der Waals surface area contributed by atoms with Crippen molar-refractivity contribution < 1.29 is 4.79 Å². The van der Waals surface area contributed by atoms with Crippen LogP contribution in [0.25, 0.3) is 0 Å². The molecular formula is C11H17N5O. The normalized spacial score (nSPS) is 23.2. The summed E-state index contributed by atoms with van der Waals surface area (Å²) >= 11 is 0. The van der Waals surface area contributed by atoms with Gasteiger partial charge in [-0.3, -0.25) is 19.7 Å². The second-order valence-corrected chi connectivity index (χ2v) is 4.17. The Hall–Kier alpha value is -1.53. The van der Waals surface area contributed by atoms with E-state index in [0.29, 0.717) is 6.54 Å². The zero-order valence-corrected chi connectivity index (χ0v) is 9.84. The highest BCUT2D eigenvalue weighted by Gasteiger charge is 2.31. The van der Waals surface area contributed by atoms with Gasteiger partial charge < -0.3 is 11.1 Å². The van der Waals surface area contributed by atoms with Crippen molar-refractivity contribution in [2.24, 2.45) is 5.73 Å². The fourth-order valence-electron chi connectivity index (χ4n) is 2.14. The van der Waals surface area contributed by atoms with Crippen LogP contribution in [0.5, 0.6) is 0 Å². The van der Waals surface area contributed by atoms with Gasteiger partial charge in [-0.2, -0.15) is 0 Å². The average Bonchev–Trinajstić information content (AvgIpc) is 2.39. The van der Waals surface area contributed by atoms with Gasteiger partial charge in [0.2, 0.25) is 5.91 Å². The Kier molecular flexibility index (Phi) is 3.65.